The van der Waals surface area contributed by atoms with Crippen LogP contribution in [0.15, 0.2) is 16.6 Å². The van der Waals surface area contributed by atoms with Crippen molar-refractivity contribution in [1.29, 1.82) is 5.26 Å². The molecule has 0 bridgehead atoms. The monoisotopic (exact) mass is 290 g/mol. The van der Waals surface area contributed by atoms with Crippen LogP contribution in [-0.4, -0.2) is 5.91 Å². The Kier molecular flexibility index (Phi) is 4.06. The number of nitriles is 1. The number of hydrogen-bond donors (Lipinski definition) is 1. The standard InChI is InChI=1S/C9H5BrClFN2O/c10-5-3-6(11)8(4-7(5)12)14-9(15)1-2-13/h3-4H,1H2,(H,14,15). The molecule has 1 N–H and O–H groups in total. The normalized spacial score (nSPS) is 9.47. The number of hydrogen-bond acceptors (Lipinski definition) is 2. The van der Waals surface area contributed by atoms with E-state index in [2.05, 4.69) is 21.2 Å². The number of anilines is 1. The summed E-state index contributed by atoms with van der Waals surface area (Å²) in [6.07, 6.45) is -0.298. The van der Waals surface area contributed by atoms with Crippen LogP contribution >= 0.6 is 27.5 Å². The van der Waals surface area contributed by atoms with Gasteiger partial charge in [-0.2, -0.15) is 5.26 Å². The first kappa shape index (κ1) is 12.0. The first-order valence-corrected chi connectivity index (χ1v) is 5.03. The summed E-state index contributed by atoms with van der Waals surface area (Å²) in [5, 5.41) is 10.8. The molecule has 78 valence electrons. The minimum Gasteiger partial charge on any atom is -0.324 e. The van der Waals surface area contributed by atoms with E-state index in [0.717, 1.165) is 6.07 Å². The van der Waals surface area contributed by atoms with Crippen LogP contribution in [-0.2, 0) is 4.79 Å². The lowest BCUT2D eigenvalue weighted by Gasteiger charge is -2.06. The summed E-state index contributed by atoms with van der Waals surface area (Å²) in [6.45, 7) is 0. The Morgan fingerprint density at radius 2 is 2.33 bits per heavy atom. The fraction of sp³-hybridized carbons (Fsp3) is 0.111. The molecule has 6 heteroatoms. The van der Waals surface area contributed by atoms with Crippen molar-refractivity contribution < 1.29 is 9.18 Å². The van der Waals surface area contributed by atoms with Gasteiger partial charge in [-0.25, -0.2) is 4.39 Å². The molecule has 0 spiro atoms. The molecule has 3 nitrogen and oxygen atoms in total. The fourth-order valence-electron chi connectivity index (χ4n) is 0.885. The Morgan fingerprint density at radius 1 is 1.67 bits per heavy atom. The summed E-state index contributed by atoms with van der Waals surface area (Å²) in [7, 11) is 0. The predicted octanol–water partition coefficient (Wildman–Crippen LogP) is 3.09. The molecule has 0 aliphatic heterocycles. The van der Waals surface area contributed by atoms with Crippen molar-refractivity contribution in [3.05, 3.63) is 27.4 Å². The Labute approximate surface area is 99.0 Å². The van der Waals surface area contributed by atoms with Crippen LogP contribution < -0.4 is 5.32 Å². The number of carbonyl (C=O) groups is 1. The molecule has 1 aromatic rings. The van der Waals surface area contributed by atoms with Crippen LogP contribution in [0.2, 0.25) is 5.02 Å². The van der Waals surface area contributed by atoms with Gasteiger partial charge in [-0.15, -0.1) is 0 Å². The number of amides is 1. The summed E-state index contributed by atoms with van der Waals surface area (Å²) >= 11 is 8.70. The van der Waals surface area contributed by atoms with Crippen molar-refractivity contribution in [2.75, 3.05) is 5.32 Å². The molecule has 1 amide bonds. The fourth-order valence-corrected chi connectivity index (χ4v) is 1.57. The molecule has 0 fully saturated rings. The minimum absolute atomic E-state index is 0.151. The average Bonchev–Trinajstić information content (AvgIpc) is 2.14. The van der Waals surface area contributed by atoms with E-state index < -0.39 is 11.7 Å². The topological polar surface area (TPSA) is 52.9 Å². The number of halogens is 3. The summed E-state index contributed by atoms with van der Waals surface area (Å²) in [5.74, 6) is -1.06. The highest BCUT2D eigenvalue weighted by Gasteiger charge is 2.09. The molecule has 1 aromatic carbocycles. The van der Waals surface area contributed by atoms with Crippen molar-refractivity contribution in [3.8, 4) is 6.07 Å². The van der Waals surface area contributed by atoms with E-state index >= 15 is 0 Å². The van der Waals surface area contributed by atoms with Gasteiger partial charge < -0.3 is 5.32 Å². The molecule has 0 aliphatic rings. The average molecular weight is 292 g/mol. The first-order chi connectivity index (χ1) is 7.04. The van der Waals surface area contributed by atoms with Gasteiger partial charge in [0.1, 0.15) is 12.2 Å². The summed E-state index contributed by atoms with van der Waals surface area (Å²) < 4.78 is 13.3. The minimum atomic E-state index is -0.536. The van der Waals surface area contributed by atoms with Gasteiger partial charge in [0.15, 0.2) is 0 Å². The summed E-state index contributed by atoms with van der Waals surface area (Å²) in [6, 6.07) is 4.09. The van der Waals surface area contributed by atoms with E-state index in [0.29, 0.717) is 0 Å². The molecular weight excluding hydrogens is 286 g/mol. The highest BCUT2D eigenvalue weighted by atomic mass is 79.9. The Hall–Kier alpha value is -1.12. The van der Waals surface area contributed by atoms with Crippen LogP contribution in [0.3, 0.4) is 0 Å². The van der Waals surface area contributed by atoms with Crippen molar-refractivity contribution in [3.63, 3.8) is 0 Å². The molecular formula is C9H5BrClFN2O. The van der Waals surface area contributed by atoms with E-state index in [-0.39, 0.29) is 21.6 Å². The molecule has 1 rings (SSSR count). The van der Waals surface area contributed by atoms with E-state index in [1.807, 2.05) is 0 Å². The van der Waals surface area contributed by atoms with E-state index in [1.54, 1.807) is 6.07 Å². The van der Waals surface area contributed by atoms with Gasteiger partial charge in [0.05, 0.1) is 21.3 Å². The van der Waals surface area contributed by atoms with E-state index in [9.17, 15) is 9.18 Å². The quantitative estimate of drug-likeness (QED) is 0.851. The maximum Gasteiger partial charge on any atom is 0.238 e. The van der Waals surface area contributed by atoms with Crippen LogP contribution in [0.5, 0.6) is 0 Å². The second-order valence-electron chi connectivity index (χ2n) is 2.63. The van der Waals surface area contributed by atoms with Gasteiger partial charge in [-0.3, -0.25) is 4.79 Å². The summed E-state index contributed by atoms with van der Waals surface area (Å²) in [4.78, 5) is 11.0. The second-order valence-corrected chi connectivity index (χ2v) is 3.89. The van der Waals surface area contributed by atoms with Crippen molar-refractivity contribution in [1.82, 2.24) is 0 Å². The van der Waals surface area contributed by atoms with Crippen LogP contribution in [0, 0.1) is 17.1 Å². The summed E-state index contributed by atoms with van der Waals surface area (Å²) in [5.41, 5.74) is 0.151. The molecule has 0 saturated heterocycles. The van der Waals surface area contributed by atoms with Crippen LogP contribution in [0.25, 0.3) is 0 Å². The molecule has 0 saturated carbocycles. The van der Waals surface area contributed by atoms with Crippen LogP contribution in [0.4, 0.5) is 10.1 Å². The lowest BCUT2D eigenvalue weighted by Crippen LogP contribution is -2.10. The third kappa shape index (κ3) is 3.18. The van der Waals surface area contributed by atoms with Gasteiger partial charge in [-0.05, 0) is 22.0 Å². The maximum absolute atomic E-state index is 13.1. The third-order valence-corrected chi connectivity index (χ3v) is 2.44. The number of nitrogens with zero attached hydrogens (tertiary/aromatic N) is 1. The van der Waals surface area contributed by atoms with Crippen LogP contribution in [0.1, 0.15) is 6.42 Å². The Morgan fingerprint density at radius 3 is 2.93 bits per heavy atom. The van der Waals surface area contributed by atoms with E-state index in [1.165, 1.54) is 6.07 Å². The number of carbonyl (C=O) groups excluding carboxylic acids is 1. The zero-order chi connectivity index (χ0) is 11.4. The lowest BCUT2D eigenvalue weighted by molar-refractivity contribution is -0.115. The lowest BCUT2D eigenvalue weighted by atomic mass is 10.3. The SMILES string of the molecule is N#CCC(=O)Nc1cc(F)c(Br)cc1Cl. The zero-order valence-electron chi connectivity index (χ0n) is 7.35. The van der Waals surface area contributed by atoms with E-state index in [4.69, 9.17) is 16.9 Å². The molecule has 0 unspecified atom stereocenters. The van der Waals surface area contributed by atoms with Crippen molar-refractivity contribution >= 4 is 39.1 Å². The number of rotatable bonds is 2. The molecule has 0 atom stereocenters. The second kappa shape index (κ2) is 5.10. The third-order valence-electron chi connectivity index (χ3n) is 1.52. The van der Waals surface area contributed by atoms with Gasteiger partial charge in [-0.1, -0.05) is 11.6 Å². The number of benzene rings is 1. The molecule has 0 radical (unpaired) electrons. The van der Waals surface area contributed by atoms with Gasteiger partial charge in [0.2, 0.25) is 5.91 Å². The highest BCUT2D eigenvalue weighted by molar-refractivity contribution is 9.10. The largest absolute Gasteiger partial charge is 0.324 e. The smallest absolute Gasteiger partial charge is 0.238 e. The van der Waals surface area contributed by atoms with Gasteiger partial charge in [0, 0.05) is 6.07 Å². The maximum atomic E-state index is 13.1. The number of nitrogens with one attached hydrogen (secondary N) is 1. The molecule has 0 heterocycles. The van der Waals surface area contributed by atoms with Crippen molar-refractivity contribution in [2.45, 2.75) is 6.42 Å². The first-order valence-electron chi connectivity index (χ1n) is 3.86. The highest BCUT2D eigenvalue weighted by Crippen LogP contribution is 2.28. The van der Waals surface area contributed by atoms with Crippen molar-refractivity contribution in [2.24, 2.45) is 0 Å². The molecule has 0 aliphatic carbocycles. The van der Waals surface area contributed by atoms with Gasteiger partial charge >= 0.3 is 0 Å². The zero-order valence-corrected chi connectivity index (χ0v) is 9.69. The Balaban J connectivity index is 2.92. The molecule has 0 aromatic heterocycles. The predicted molar refractivity (Wildman–Crippen MR) is 58.0 cm³/mol. The Bertz CT molecular complexity index is 444. The molecule has 15 heavy (non-hydrogen) atoms. The van der Waals surface area contributed by atoms with Gasteiger partial charge in [0.25, 0.3) is 0 Å².